The fourth-order valence-electron chi connectivity index (χ4n) is 1.84. The normalized spacial score (nSPS) is 13.3. The smallest absolute Gasteiger partial charge is 0.393 e. The molecule has 1 aromatic carbocycles. The average molecular weight is 301 g/mol. The Morgan fingerprint density at radius 1 is 1.40 bits per heavy atom. The van der Waals surface area contributed by atoms with E-state index in [1.165, 1.54) is 6.07 Å². The van der Waals surface area contributed by atoms with Gasteiger partial charge in [-0.15, -0.1) is 0 Å². The highest BCUT2D eigenvalue weighted by atomic mass is 32.1. The minimum atomic E-state index is -4.60. The molecule has 8 heteroatoms. The SMILES string of the molecule is NC(=S)C(Cn1c(=O)cnc2ccccc21)C(F)(F)F. The summed E-state index contributed by atoms with van der Waals surface area (Å²) in [6, 6.07) is 6.42. The number of alkyl halides is 3. The lowest BCUT2D eigenvalue weighted by Crippen LogP contribution is -2.40. The van der Waals surface area contributed by atoms with Gasteiger partial charge in [0.1, 0.15) is 5.92 Å². The van der Waals surface area contributed by atoms with Crippen LogP contribution in [0.3, 0.4) is 0 Å². The van der Waals surface area contributed by atoms with Gasteiger partial charge in [-0.3, -0.25) is 4.79 Å². The van der Waals surface area contributed by atoms with Gasteiger partial charge in [-0.2, -0.15) is 13.2 Å². The number of nitrogens with zero attached hydrogens (tertiary/aromatic N) is 2. The Bertz CT molecular complexity index is 711. The Labute approximate surface area is 117 Å². The second-order valence-corrected chi connectivity index (χ2v) is 4.66. The highest BCUT2D eigenvalue weighted by molar-refractivity contribution is 7.80. The van der Waals surface area contributed by atoms with Crippen LogP contribution in [0.2, 0.25) is 0 Å². The number of hydrogen-bond donors (Lipinski definition) is 1. The molecule has 0 aliphatic heterocycles. The molecule has 2 aromatic rings. The summed E-state index contributed by atoms with van der Waals surface area (Å²) >= 11 is 4.46. The average Bonchev–Trinajstić information content (AvgIpc) is 2.35. The largest absolute Gasteiger partial charge is 0.399 e. The van der Waals surface area contributed by atoms with Crippen molar-refractivity contribution in [1.29, 1.82) is 0 Å². The molecule has 20 heavy (non-hydrogen) atoms. The molecule has 0 aliphatic carbocycles. The highest BCUT2D eigenvalue weighted by Gasteiger charge is 2.42. The van der Waals surface area contributed by atoms with Crippen LogP contribution in [-0.4, -0.2) is 20.7 Å². The van der Waals surface area contributed by atoms with Gasteiger partial charge in [0.05, 0.1) is 22.2 Å². The summed E-state index contributed by atoms with van der Waals surface area (Å²) in [6.45, 7) is -0.652. The topological polar surface area (TPSA) is 60.9 Å². The predicted octanol–water partition coefficient (Wildman–Crippen LogP) is 1.86. The van der Waals surface area contributed by atoms with Crippen molar-refractivity contribution in [2.75, 3.05) is 0 Å². The van der Waals surface area contributed by atoms with E-state index in [1.54, 1.807) is 18.2 Å². The second kappa shape index (κ2) is 5.20. The molecule has 1 aromatic heterocycles. The van der Waals surface area contributed by atoms with E-state index in [0.29, 0.717) is 11.0 Å². The predicted molar refractivity (Wildman–Crippen MR) is 72.3 cm³/mol. The lowest BCUT2D eigenvalue weighted by Gasteiger charge is -2.20. The van der Waals surface area contributed by atoms with Gasteiger partial charge < -0.3 is 10.3 Å². The van der Waals surface area contributed by atoms with Crippen LogP contribution in [0.25, 0.3) is 11.0 Å². The number of halogens is 3. The first-order chi connectivity index (χ1) is 9.30. The summed E-state index contributed by atoms with van der Waals surface area (Å²) in [4.78, 5) is 15.0. The van der Waals surface area contributed by atoms with Crippen molar-refractivity contribution in [3.05, 3.63) is 40.8 Å². The highest BCUT2D eigenvalue weighted by Crippen LogP contribution is 2.28. The summed E-state index contributed by atoms with van der Waals surface area (Å²) in [7, 11) is 0. The van der Waals surface area contributed by atoms with Crippen LogP contribution in [0.4, 0.5) is 13.2 Å². The molecule has 0 amide bonds. The zero-order valence-electron chi connectivity index (χ0n) is 10.1. The van der Waals surface area contributed by atoms with Crippen LogP contribution in [0.5, 0.6) is 0 Å². The summed E-state index contributed by atoms with van der Waals surface area (Å²) < 4.78 is 39.7. The number of hydrogen-bond acceptors (Lipinski definition) is 3. The molecule has 0 radical (unpaired) electrons. The number of thiocarbonyl (C=S) groups is 1. The van der Waals surface area contributed by atoms with Crippen LogP contribution >= 0.6 is 12.2 Å². The molecule has 0 saturated carbocycles. The zero-order valence-corrected chi connectivity index (χ0v) is 10.9. The lowest BCUT2D eigenvalue weighted by molar-refractivity contribution is -0.158. The van der Waals surface area contributed by atoms with Crippen molar-refractivity contribution < 1.29 is 13.2 Å². The Hall–Kier alpha value is -1.96. The third-order valence-corrected chi connectivity index (χ3v) is 3.14. The van der Waals surface area contributed by atoms with Gasteiger partial charge in [0, 0.05) is 6.54 Å². The monoisotopic (exact) mass is 301 g/mol. The number of nitrogens with two attached hydrogens (primary N) is 1. The maximum Gasteiger partial charge on any atom is 0.399 e. The first kappa shape index (κ1) is 14.4. The van der Waals surface area contributed by atoms with E-state index in [0.717, 1.165) is 10.8 Å². The number of para-hydroxylation sites is 2. The quantitative estimate of drug-likeness (QED) is 0.879. The Morgan fingerprint density at radius 3 is 2.65 bits per heavy atom. The van der Waals surface area contributed by atoms with Gasteiger partial charge >= 0.3 is 6.18 Å². The second-order valence-electron chi connectivity index (χ2n) is 4.19. The fraction of sp³-hybridized carbons (Fsp3) is 0.250. The van der Waals surface area contributed by atoms with Gasteiger partial charge in [-0.1, -0.05) is 24.4 Å². The standard InChI is InChI=1S/C12H10F3N3OS/c13-12(14,15)7(11(16)20)6-18-9-4-2-1-3-8(9)17-5-10(18)19/h1-5,7H,6H2,(H2,16,20). The molecule has 0 bridgehead atoms. The number of rotatable bonds is 3. The molecule has 2 N–H and O–H groups in total. The summed E-state index contributed by atoms with van der Waals surface area (Å²) in [5, 5.41) is 0. The Morgan fingerprint density at radius 2 is 2.05 bits per heavy atom. The van der Waals surface area contributed by atoms with E-state index < -0.39 is 29.2 Å². The maximum absolute atomic E-state index is 12.9. The molecule has 1 atom stereocenters. The fourth-order valence-corrected chi connectivity index (χ4v) is 2.05. The van der Waals surface area contributed by atoms with E-state index in [4.69, 9.17) is 5.73 Å². The van der Waals surface area contributed by atoms with Crippen molar-refractivity contribution in [3.63, 3.8) is 0 Å². The van der Waals surface area contributed by atoms with E-state index in [2.05, 4.69) is 17.2 Å². The van der Waals surface area contributed by atoms with Crippen LogP contribution < -0.4 is 11.3 Å². The maximum atomic E-state index is 12.9. The van der Waals surface area contributed by atoms with Gasteiger partial charge in [-0.25, -0.2) is 4.98 Å². The van der Waals surface area contributed by atoms with Gasteiger partial charge in [0.2, 0.25) is 0 Å². The van der Waals surface area contributed by atoms with Crippen LogP contribution in [0, 0.1) is 5.92 Å². The molecule has 106 valence electrons. The van der Waals surface area contributed by atoms with Crippen molar-refractivity contribution in [3.8, 4) is 0 Å². The van der Waals surface area contributed by atoms with Gasteiger partial charge in [0.15, 0.2) is 0 Å². The first-order valence-electron chi connectivity index (χ1n) is 5.61. The van der Waals surface area contributed by atoms with Crippen LogP contribution in [0.15, 0.2) is 35.3 Å². The summed E-state index contributed by atoms with van der Waals surface area (Å²) in [5.41, 5.74) is 5.25. The number of fused-ring (bicyclic) bond motifs is 1. The first-order valence-corrected chi connectivity index (χ1v) is 6.02. The van der Waals surface area contributed by atoms with Crippen molar-refractivity contribution in [1.82, 2.24) is 9.55 Å². The van der Waals surface area contributed by atoms with E-state index in [1.807, 2.05) is 0 Å². The summed E-state index contributed by atoms with van der Waals surface area (Å²) in [5.74, 6) is -2.05. The number of benzene rings is 1. The van der Waals surface area contributed by atoms with E-state index >= 15 is 0 Å². The van der Waals surface area contributed by atoms with E-state index in [-0.39, 0.29) is 0 Å². The summed E-state index contributed by atoms with van der Waals surface area (Å²) in [6.07, 6.45) is -3.62. The number of aromatic nitrogens is 2. The minimum Gasteiger partial charge on any atom is -0.393 e. The zero-order chi connectivity index (χ0) is 14.9. The Kier molecular flexibility index (Phi) is 3.76. The van der Waals surface area contributed by atoms with Gasteiger partial charge in [0.25, 0.3) is 5.56 Å². The van der Waals surface area contributed by atoms with E-state index in [9.17, 15) is 18.0 Å². The van der Waals surface area contributed by atoms with Crippen LogP contribution in [-0.2, 0) is 6.54 Å². The lowest BCUT2D eigenvalue weighted by atomic mass is 10.1. The molecular weight excluding hydrogens is 291 g/mol. The molecular formula is C12H10F3N3OS. The van der Waals surface area contributed by atoms with Gasteiger partial charge in [-0.05, 0) is 12.1 Å². The van der Waals surface area contributed by atoms with Crippen molar-refractivity contribution >= 4 is 28.2 Å². The van der Waals surface area contributed by atoms with Crippen molar-refractivity contribution in [2.24, 2.45) is 11.7 Å². The van der Waals surface area contributed by atoms with Crippen molar-refractivity contribution in [2.45, 2.75) is 12.7 Å². The third-order valence-electron chi connectivity index (χ3n) is 2.86. The molecule has 1 heterocycles. The molecule has 2 rings (SSSR count). The molecule has 1 unspecified atom stereocenters. The molecule has 0 spiro atoms. The molecule has 0 fully saturated rings. The molecule has 4 nitrogen and oxygen atoms in total. The third kappa shape index (κ3) is 2.79. The molecule has 0 aliphatic rings. The van der Waals surface area contributed by atoms with Crippen LogP contribution in [0.1, 0.15) is 0 Å². The molecule has 0 saturated heterocycles. The minimum absolute atomic E-state index is 0.311. The Balaban J connectivity index is 2.55.